The Morgan fingerprint density at radius 3 is 2.23 bits per heavy atom. The summed E-state index contributed by atoms with van der Waals surface area (Å²) in [6, 6.07) is 1.70. The lowest BCUT2D eigenvalue weighted by Gasteiger charge is -2.39. The molecule has 0 amide bonds. The summed E-state index contributed by atoms with van der Waals surface area (Å²) in [6.45, 7) is 4.85. The van der Waals surface area contributed by atoms with Gasteiger partial charge in [0, 0.05) is 12.1 Å². The van der Waals surface area contributed by atoms with Crippen molar-refractivity contribution in [2.24, 2.45) is 11.8 Å². The smallest absolute Gasteiger partial charge is 0.00978 e. The van der Waals surface area contributed by atoms with E-state index in [-0.39, 0.29) is 0 Å². The summed E-state index contributed by atoms with van der Waals surface area (Å²) in [7, 11) is 0. The van der Waals surface area contributed by atoms with E-state index >= 15 is 0 Å². The zero-order valence-corrected chi connectivity index (χ0v) is 9.05. The van der Waals surface area contributed by atoms with Crippen molar-refractivity contribution in [3.63, 3.8) is 0 Å². The minimum atomic E-state index is 0.828. The second-order valence-electron chi connectivity index (χ2n) is 5.17. The van der Waals surface area contributed by atoms with Gasteiger partial charge in [-0.1, -0.05) is 33.1 Å². The molecule has 13 heavy (non-hydrogen) atoms. The van der Waals surface area contributed by atoms with E-state index in [1.807, 2.05) is 0 Å². The fourth-order valence-electron chi connectivity index (χ4n) is 2.69. The largest absolute Gasteiger partial charge is 0.311 e. The van der Waals surface area contributed by atoms with Crippen molar-refractivity contribution in [3.05, 3.63) is 0 Å². The highest BCUT2D eigenvalue weighted by molar-refractivity contribution is 4.87. The van der Waals surface area contributed by atoms with E-state index < -0.39 is 0 Å². The van der Waals surface area contributed by atoms with Crippen LogP contribution in [-0.4, -0.2) is 12.1 Å². The first kappa shape index (κ1) is 9.51. The Morgan fingerprint density at radius 1 is 0.923 bits per heavy atom. The van der Waals surface area contributed by atoms with Crippen molar-refractivity contribution in [2.45, 2.75) is 64.5 Å². The van der Waals surface area contributed by atoms with Crippen LogP contribution in [0.2, 0.25) is 0 Å². The van der Waals surface area contributed by atoms with Gasteiger partial charge >= 0.3 is 0 Å². The number of rotatable bonds is 2. The van der Waals surface area contributed by atoms with Crippen LogP contribution in [0.4, 0.5) is 0 Å². The Hall–Kier alpha value is -0.0400. The van der Waals surface area contributed by atoms with Crippen molar-refractivity contribution in [2.75, 3.05) is 0 Å². The lowest BCUT2D eigenvalue weighted by molar-refractivity contribution is 0.172. The van der Waals surface area contributed by atoms with Gasteiger partial charge in [0.15, 0.2) is 0 Å². The maximum atomic E-state index is 3.84. The number of hydrogen-bond acceptors (Lipinski definition) is 1. The zero-order chi connectivity index (χ0) is 9.26. The molecule has 3 atom stereocenters. The molecule has 0 saturated heterocycles. The standard InChI is InChI=1S/C12H23N/c1-9-5-3-8-12(10(9)2)13-11-6-4-7-11/h9-13H,3-8H2,1-2H3/t9-,10-,12+/m1/s1. The van der Waals surface area contributed by atoms with Crippen LogP contribution in [0.25, 0.3) is 0 Å². The molecule has 0 heterocycles. The average Bonchev–Trinajstić information content (AvgIpc) is 2.04. The van der Waals surface area contributed by atoms with Gasteiger partial charge in [-0.25, -0.2) is 0 Å². The molecule has 0 spiro atoms. The maximum absolute atomic E-state index is 3.84. The summed E-state index contributed by atoms with van der Waals surface area (Å²) in [4.78, 5) is 0. The molecule has 0 bridgehead atoms. The van der Waals surface area contributed by atoms with E-state index in [1.54, 1.807) is 0 Å². The van der Waals surface area contributed by atoms with E-state index in [1.165, 1.54) is 38.5 Å². The van der Waals surface area contributed by atoms with E-state index in [4.69, 9.17) is 0 Å². The summed E-state index contributed by atoms with van der Waals surface area (Å²) in [5, 5.41) is 3.84. The van der Waals surface area contributed by atoms with Crippen LogP contribution in [0, 0.1) is 11.8 Å². The molecule has 0 unspecified atom stereocenters. The number of hydrogen-bond donors (Lipinski definition) is 1. The lowest BCUT2D eigenvalue weighted by Crippen LogP contribution is -2.48. The molecule has 76 valence electrons. The summed E-state index contributed by atoms with van der Waals surface area (Å²) in [5.41, 5.74) is 0. The highest BCUT2D eigenvalue weighted by atomic mass is 15.0. The van der Waals surface area contributed by atoms with E-state index in [2.05, 4.69) is 19.2 Å². The molecule has 2 aliphatic carbocycles. The maximum Gasteiger partial charge on any atom is 0.00978 e. The normalized spacial score (nSPS) is 41.5. The van der Waals surface area contributed by atoms with E-state index in [9.17, 15) is 0 Å². The molecule has 1 heteroatoms. The van der Waals surface area contributed by atoms with Gasteiger partial charge in [0.25, 0.3) is 0 Å². The third-order valence-electron chi connectivity index (χ3n) is 4.26. The first-order valence-corrected chi connectivity index (χ1v) is 6.03. The Morgan fingerprint density at radius 2 is 1.62 bits per heavy atom. The van der Waals surface area contributed by atoms with Crippen molar-refractivity contribution in [1.82, 2.24) is 5.32 Å². The summed E-state index contributed by atoms with van der Waals surface area (Å²) >= 11 is 0. The Labute approximate surface area is 82.3 Å². The number of nitrogens with one attached hydrogen (secondary N) is 1. The Kier molecular flexibility index (Phi) is 2.92. The van der Waals surface area contributed by atoms with Crippen LogP contribution in [0.3, 0.4) is 0 Å². The molecular weight excluding hydrogens is 158 g/mol. The predicted molar refractivity (Wildman–Crippen MR) is 56.7 cm³/mol. The van der Waals surface area contributed by atoms with Crippen LogP contribution >= 0.6 is 0 Å². The minimum Gasteiger partial charge on any atom is -0.311 e. The van der Waals surface area contributed by atoms with Crippen LogP contribution in [0.15, 0.2) is 0 Å². The van der Waals surface area contributed by atoms with E-state index in [0.717, 1.165) is 23.9 Å². The van der Waals surface area contributed by atoms with Crippen LogP contribution in [-0.2, 0) is 0 Å². The van der Waals surface area contributed by atoms with Crippen molar-refractivity contribution >= 4 is 0 Å². The molecule has 0 aromatic heterocycles. The first-order valence-electron chi connectivity index (χ1n) is 6.03. The van der Waals surface area contributed by atoms with Crippen LogP contribution in [0.5, 0.6) is 0 Å². The molecule has 0 radical (unpaired) electrons. The second kappa shape index (κ2) is 4.00. The first-order chi connectivity index (χ1) is 6.27. The average molecular weight is 181 g/mol. The summed E-state index contributed by atoms with van der Waals surface area (Å²) < 4.78 is 0. The molecular formula is C12H23N. The molecule has 1 nitrogen and oxygen atoms in total. The van der Waals surface area contributed by atoms with Crippen molar-refractivity contribution in [3.8, 4) is 0 Å². The van der Waals surface area contributed by atoms with Crippen LogP contribution in [0.1, 0.15) is 52.4 Å². The van der Waals surface area contributed by atoms with Gasteiger partial charge in [-0.15, -0.1) is 0 Å². The quantitative estimate of drug-likeness (QED) is 0.690. The molecule has 0 aliphatic heterocycles. The Balaban J connectivity index is 1.82. The summed E-state index contributed by atoms with van der Waals surface area (Å²) in [5.74, 6) is 1.83. The lowest BCUT2D eigenvalue weighted by atomic mass is 9.77. The van der Waals surface area contributed by atoms with Gasteiger partial charge in [0.2, 0.25) is 0 Å². The van der Waals surface area contributed by atoms with Gasteiger partial charge in [-0.3, -0.25) is 0 Å². The summed E-state index contributed by atoms with van der Waals surface area (Å²) in [6.07, 6.45) is 8.62. The van der Waals surface area contributed by atoms with Crippen molar-refractivity contribution in [1.29, 1.82) is 0 Å². The molecule has 2 aliphatic rings. The highest BCUT2D eigenvalue weighted by Crippen LogP contribution is 2.31. The van der Waals surface area contributed by atoms with Gasteiger partial charge < -0.3 is 5.32 Å². The highest BCUT2D eigenvalue weighted by Gasteiger charge is 2.29. The predicted octanol–water partition coefficient (Wildman–Crippen LogP) is 2.95. The monoisotopic (exact) mass is 181 g/mol. The topological polar surface area (TPSA) is 12.0 Å². The second-order valence-corrected chi connectivity index (χ2v) is 5.17. The van der Waals surface area contributed by atoms with Gasteiger partial charge in [-0.05, 0) is 31.1 Å². The van der Waals surface area contributed by atoms with Gasteiger partial charge in [0.1, 0.15) is 0 Å². The zero-order valence-electron chi connectivity index (χ0n) is 9.05. The fourth-order valence-corrected chi connectivity index (χ4v) is 2.69. The Bertz CT molecular complexity index is 163. The molecule has 2 saturated carbocycles. The van der Waals surface area contributed by atoms with Gasteiger partial charge in [0.05, 0.1) is 0 Å². The molecule has 1 N–H and O–H groups in total. The van der Waals surface area contributed by atoms with Crippen LogP contribution < -0.4 is 5.32 Å². The van der Waals surface area contributed by atoms with Crippen molar-refractivity contribution < 1.29 is 0 Å². The molecule has 2 rings (SSSR count). The molecule has 2 fully saturated rings. The van der Waals surface area contributed by atoms with E-state index in [0.29, 0.717) is 0 Å². The van der Waals surface area contributed by atoms with Gasteiger partial charge in [-0.2, -0.15) is 0 Å². The third kappa shape index (κ3) is 2.07. The third-order valence-corrected chi connectivity index (χ3v) is 4.26. The molecule has 0 aromatic rings. The minimum absolute atomic E-state index is 0.828. The molecule has 0 aromatic carbocycles. The SMILES string of the molecule is C[C@@H]1[C@H](C)CCC[C@@H]1NC1CCC1. The fraction of sp³-hybridized carbons (Fsp3) is 1.00.